The first-order valence-electron chi connectivity index (χ1n) is 5.96. The third-order valence-electron chi connectivity index (χ3n) is 2.16. The van der Waals surface area contributed by atoms with E-state index in [1.54, 1.807) is 24.3 Å². The Bertz CT molecular complexity index is 433. The van der Waals surface area contributed by atoms with Crippen LogP contribution in [0.5, 0.6) is 5.75 Å². The highest BCUT2D eigenvalue weighted by Gasteiger charge is 2.12. The van der Waals surface area contributed by atoms with E-state index in [0.717, 1.165) is 0 Å². The minimum absolute atomic E-state index is 0.254. The molecule has 3 nitrogen and oxygen atoms in total. The lowest BCUT2D eigenvalue weighted by Crippen LogP contribution is -2.07. The van der Waals surface area contributed by atoms with Crippen molar-refractivity contribution in [3.63, 3.8) is 0 Å². The Kier molecular flexibility index (Phi) is 6.33. The van der Waals surface area contributed by atoms with Crippen molar-refractivity contribution in [2.75, 3.05) is 13.2 Å². The monoisotopic (exact) mass is 246 g/mol. The van der Waals surface area contributed by atoms with Crippen molar-refractivity contribution in [1.29, 1.82) is 0 Å². The van der Waals surface area contributed by atoms with Gasteiger partial charge in [-0.3, -0.25) is 0 Å². The van der Waals surface area contributed by atoms with Crippen molar-refractivity contribution in [2.24, 2.45) is 0 Å². The largest absolute Gasteiger partial charge is 0.493 e. The molecule has 0 bridgehead atoms. The molecule has 0 N–H and O–H groups in total. The first-order chi connectivity index (χ1) is 8.79. The predicted molar refractivity (Wildman–Crippen MR) is 71.8 cm³/mol. The highest BCUT2D eigenvalue weighted by molar-refractivity contribution is 5.92. The van der Waals surface area contributed by atoms with Gasteiger partial charge >= 0.3 is 5.97 Å². The minimum atomic E-state index is -0.371. The molecule has 0 radical (unpaired) electrons. The second-order valence-corrected chi connectivity index (χ2v) is 3.48. The lowest BCUT2D eigenvalue weighted by molar-refractivity contribution is 0.0545. The van der Waals surface area contributed by atoms with Gasteiger partial charge in [0.2, 0.25) is 0 Å². The third kappa shape index (κ3) is 4.45. The van der Waals surface area contributed by atoms with Crippen LogP contribution in [0.1, 0.15) is 24.2 Å². The number of hydrogen-bond acceptors (Lipinski definition) is 3. The van der Waals surface area contributed by atoms with Crippen LogP contribution in [0, 0.1) is 0 Å². The van der Waals surface area contributed by atoms with E-state index >= 15 is 0 Å². The zero-order valence-electron chi connectivity index (χ0n) is 10.8. The van der Waals surface area contributed by atoms with Gasteiger partial charge < -0.3 is 9.47 Å². The SMILES string of the molecule is C/C=C/C=C/COC(=O)c1ccccc1OCC. The zero-order chi connectivity index (χ0) is 13.2. The average molecular weight is 246 g/mol. The van der Waals surface area contributed by atoms with Gasteiger partial charge in [0, 0.05) is 0 Å². The highest BCUT2D eigenvalue weighted by atomic mass is 16.5. The maximum atomic E-state index is 11.8. The van der Waals surface area contributed by atoms with Crippen LogP contribution < -0.4 is 4.74 Å². The third-order valence-corrected chi connectivity index (χ3v) is 2.16. The standard InChI is InChI=1S/C15H18O3/c1-3-5-6-9-12-18-15(16)13-10-7-8-11-14(13)17-4-2/h3,5-11H,4,12H2,1-2H3/b5-3+,9-6+. The van der Waals surface area contributed by atoms with Crippen molar-refractivity contribution in [1.82, 2.24) is 0 Å². The van der Waals surface area contributed by atoms with Crippen molar-refractivity contribution in [3.8, 4) is 5.75 Å². The smallest absolute Gasteiger partial charge is 0.342 e. The molecule has 0 saturated heterocycles. The topological polar surface area (TPSA) is 35.5 Å². The highest BCUT2D eigenvalue weighted by Crippen LogP contribution is 2.18. The molecule has 1 aromatic rings. The molecule has 0 fully saturated rings. The molecule has 0 spiro atoms. The Labute approximate surface area is 108 Å². The number of allylic oxidation sites excluding steroid dienone is 3. The van der Waals surface area contributed by atoms with E-state index in [-0.39, 0.29) is 12.6 Å². The second-order valence-electron chi connectivity index (χ2n) is 3.48. The molecule has 0 unspecified atom stereocenters. The fraction of sp³-hybridized carbons (Fsp3) is 0.267. The minimum Gasteiger partial charge on any atom is -0.493 e. The van der Waals surface area contributed by atoms with Crippen LogP contribution in [0.15, 0.2) is 48.6 Å². The van der Waals surface area contributed by atoms with Gasteiger partial charge in [-0.25, -0.2) is 4.79 Å². The van der Waals surface area contributed by atoms with Crippen LogP contribution in [-0.2, 0) is 4.74 Å². The van der Waals surface area contributed by atoms with E-state index < -0.39 is 0 Å². The van der Waals surface area contributed by atoms with Gasteiger partial charge in [0.05, 0.1) is 6.61 Å². The maximum absolute atomic E-state index is 11.8. The van der Waals surface area contributed by atoms with Gasteiger partial charge in [0.1, 0.15) is 17.9 Å². The van der Waals surface area contributed by atoms with Gasteiger partial charge in [0.25, 0.3) is 0 Å². The molecular formula is C15H18O3. The number of benzene rings is 1. The summed E-state index contributed by atoms with van der Waals surface area (Å²) in [6.07, 6.45) is 7.40. The normalized spacial score (nSPS) is 11.0. The average Bonchev–Trinajstić information content (AvgIpc) is 2.39. The van der Waals surface area contributed by atoms with Gasteiger partial charge in [0.15, 0.2) is 0 Å². The van der Waals surface area contributed by atoms with E-state index in [9.17, 15) is 4.79 Å². The van der Waals surface area contributed by atoms with Crippen molar-refractivity contribution < 1.29 is 14.3 Å². The van der Waals surface area contributed by atoms with E-state index in [1.807, 2.05) is 38.1 Å². The summed E-state index contributed by atoms with van der Waals surface area (Å²) in [5.74, 6) is 0.187. The Hall–Kier alpha value is -2.03. The summed E-state index contributed by atoms with van der Waals surface area (Å²) in [5.41, 5.74) is 0.457. The molecule has 0 aromatic heterocycles. The molecule has 0 aliphatic rings. The van der Waals surface area contributed by atoms with Gasteiger partial charge in [-0.05, 0) is 32.1 Å². The molecular weight excluding hydrogens is 228 g/mol. The van der Waals surface area contributed by atoms with E-state index in [2.05, 4.69) is 0 Å². The van der Waals surface area contributed by atoms with Crippen LogP contribution in [0.2, 0.25) is 0 Å². The molecule has 3 heteroatoms. The van der Waals surface area contributed by atoms with E-state index in [4.69, 9.17) is 9.47 Å². The Morgan fingerprint density at radius 3 is 2.78 bits per heavy atom. The summed E-state index contributed by atoms with van der Waals surface area (Å²) in [4.78, 5) is 11.8. The molecule has 0 heterocycles. The van der Waals surface area contributed by atoms with Crippen LogP contribution in [0.25, 0.3) is 0 Å². The summed E-state index contributed by atoms with van der Waals surface area (Å²) in [5, 5.41) is 0. The molecule has 0 atom stereocenters. The Morgan fingerprint density at radius 2 is 2.06 bits per heavy atom. The molecule has 18 heavy (non-hydrogen) atoms. The fourth-order valence-corrected chi connectivity index (χ4v) is 1.36. The van der Waals surface area contributed by atoms with Gasteiger partial charge in [-0.1, -0.05) is 30.4 Å². The summed E-state index contributed by atoms with van der Waals surface area (Å²) in [6, 6.07) is 7.07. The van der Waals surface area contributed by atoms with Crippen molar-refractivity contribution in [2.45, 2.75) is 13.8 Å². The summed E-state index contributed by atoms with van der Waals surface area (Å²) in [6.45, 7) is 4.58. The molecule has 1 rings (SSSR count). The van der Waals surface area contributed by atoms with Gasteiger partial charge in [-0.2, -0.15) is 0 Å². The fourth-order valence-electron chi connectivity index (χ4n) is 1.36. The van der Waals surface area contributed by atoms with E-state index in [1.165, 1.54) is 0 Å². The first kappa shape index (κ1) is 14.0. The molecule has 0 aliphatic carbocycles. The van der Waals surface area contributed by atoms with Crippen LogP contribution in [-0.4, -0.2) is 19.2 Å². The lowest BCUT2D eigenvalue weighted by atomic mass is 10.2. The Morgan fingerprint density at radius 1 is 1.28 bits per heavy atom. The molecule has 0 aliphatic heterocycles. The zero-order valence-corrected chi connectivity index (χ0v) is 10.8. The Balaban J connectivity index is 2.60. The number of esters is 1. The number of carbonyl (C=O) groups is 1. The predicted octanol–water partition coefficient (Wildman–Crippen LogP) is 3.37. The molecule has 1 aromatic carbocycles. The molecule has 0 saturated carbocycles. The first-order valence-corrected chi connectivity index (χ1v) is 5.96. The van der Waals surface area contributed by atoms with Gasteiger partial charge in [-0.15, -0.1) is 0 Å². The van der Waals surface area contributed by atoms with Crippen molar-refractivity contribution >= 4 is 5.97 Å². The van der Waals surface area contributed by atoms with Crippen molar-refractivity contribution in [3.05, 3.63) is 54.1 Å². The number of carbonyl (C=O) groups excluding carboxylic acids is 1. The number of rotatable bonds is 6. The second kappa shape index (κ2) is 8.12. The quantitative estimate of drug-likeness (QED) is 0.570. The lowest BCUT2D eigenvalue weighted by Gasteiger charge is -2.08. The summed E-state index contributed by atoms with van der Waals surface area (Å²) >= 11 is 0. The molecule has 0 amide bonds. The number of ether oxygens (including phenoxy) is 2. The van der Waals surface area contributed by atoms with Crippen LogP contribution in [0.3, 0.4) is 0 Å². The van der Waals surface area contributed by atoms with E-state index in [0.29, 0.717) is 17.9 Å². The van der Waals surface area contributed by atoms with Crippen LogP contribution in [0.4, 0.5) is 0 Å². The van der Waals surface area contributed by atoms with Crippen LogP contribution >= 0.6 is 0 Å². The number of hydrogen-bond donors (Lipinski definition) is 0. The molecule has 96 valence electrons. The summed E-state index contributed by atoms with van der Waals surface area (Å²) < 4.78 is 10.5. The number of para-hydroxylation sites is 1. The maximum Gasteiger partial charge on any atom is 0.342 e. The summed E-state index contributed by atoms with van der Waals surface area (Å²) in [7, 11) is 0.